The van der Waals surface area contributed by atoms with E-state index in [1.54, 1.807) is 6.07 Å². The van der Waals surface area contributed by atoms with Crippen LogP contribution in [0.25, 0.3) is 0 Å². The first-order valence-electron chi connectivity index (χ1n) is 9.11. The molecule has 27 heavy (non-hydrogen) atoms. The fourth-order valence-corrected chi connectivity index (χ4v) is 3.22. The number of fused-ring (bicyclic) bond motifs is 2. The van der Waals surface area contributed by atoms with E-state index in [2.05, 4.69) is 10.6 Å². The second-order valence-corrected chi connectivity index (χ2v) is 6.49. The maximum atomic E-state index is 13.2. The summed E-state index contributed by atoms with van der Waals surface area (Å²) in [6, 6.07) is 7.68. The molecule has 2 aromatic rings. The molecule has 1 aliphatic rings. The van der Waals surface area contributed by atoms with Crippen molar-refractivity contribution in [3.63, 3.8) is 0 Å². The van der Waals surface area contributed by atoms with Gasteiger partial charge in [-0.25, -0.2) is 4.79 Å². The van der Waals surface area contributed by atoms with Gasteiger partial charge in [0.15, 0.2) is 11.6 Å². The van der Waals surface area contributed by atoms with Gasteiger partial charge >= 0.3 is 5.97 Å². The van der Waals surface area contributed by atoms with Crippen molar-refractivity contribution in [2.75, 3.05) is 23.7 Å². The number of rotatable bonds is 7. The van der Waals surface area contributed by atoms with E-state index in [-0.39, 0.29) is 28.3 Å². The third-order valence-electron chi connectivity index (χ3n) is 4.55. The highest BCUT2D eigenvalue weighted by molar-refractivity contribution is 6.32. The minimum atomic E-state index is -1.13. The molecule has 140 valence electrons. The second kappa shape index (κ2) is 7.61. The van der Waals surface area contributed by atoms with Crippen LogP contribution in [0.3, 0.4) is 0 Å². The van der Waals surface area contributed by atoms with Crippen LogP contribution in [-0.2, 0) is 0 Å². The van der Waals surface area contributed by atoms with Gasteiger partial charge in [0.25, 0.3) is 0 Å². The minimum absolute atomic E-state index is 0.0123. The Hall–Kier alpha value is -3.15. The Morgan fingerprint density at radius 1 is 0.852 bits per heavy atom. The number of carboxylic acids is 1. The smallest absolute Gasteiger partial charge is 0.335 e. The number of carbonyl (C=O) groups excluding carboxylic acids is 2. The molecule has 0 bridgehead atoms. The number of ketones is 2. The Bertz CT molecular complexity index is 934. The number of hydrogen-bond acceptors (Lipinski definition) is 5. The van der Waals surface area contributed by atoms with Crippen molar-refractivity contribution in [2.45, 2.75) is 26.7 Å². The molecule has 0 aromatic heterocycles. The predicted molar refractivity (Wildman–Crippen MR) is 104 cm³/mol. The quantitative estimate of drug-likeness (QED) is 0.589. The van der Waals surface area contributed by atoms with Gasteiger partial charge in [0, 0.05) is 35.6 Å². The molecule has 3 N–H and O–H groups in total. The van der Waals surface area contributed by atoms with Crippen molar-refractivity contribution >= 4 is 28.9 Å². The van der Waals surface area contributed by atoms with Crippen molar-refractivity contribution in [1.29, 1.82) is 0 Å². The van der Waals surface area contributed by atoms with E-state index in [9.17, 15) is 19.5 Å². The molecule has 0 aliphatic heterocycles. The number of carboxylic acid groups (broad SMARTS) is 1. The van der Waals surface area contributed by atoms with Crippen molar-refractivity contribution < 1.29 is 19.5 Å². The Labute approximate surface area is 157 Å². The van der Waals surface area contributed by atoms with Crippen LogP contribution in [0.5, 0.6) is 0 Å². The van der Waals surface area contributed by atoms with Crippen molar-refractivity contribution in [3.05, 3.63) is 58.1 Å². The van der Waals surface area contributed by atoms with Crippen LogP contribution in [-0.4, -0.2) is 35.7 Å². The number of hydrogen-bond donors (Lipinski definition) is 3. The molecule has 6 heteroatoms. The van der Waals surface area contributed by atoms with Gasteiger partial charge < -0.3 is 15.7 Å². The first-order chi connectivity index (χ1) is 13.0. The molecule has 2 aromatic carbocycles. The lowest BCUT2D eigenvalue weighted by atomic mass is 9.81. The van der Waals surface area contributed by atoms with E-state index < -0.39 is 5.97 Å². The summed E-state index contributed by atoms with van der Waals surface area (Å²) in [5, 5.41) is 15.7. The van der Waals surface area contributed by atoms with Crippen LogP contribution in [0.2, 0.25) is 0 Å². The summed E-state index contributed by atoms with van der Waals surface area (Å²) in [6.45, 7) is 5.38. The van der Waals surface area contributed by atoms with Crippen LogP contribution in [0, 0.1) is 0 Å². The van der Waals surface area contributed by atoms with Crippen LogP contribution >= 0.6 is 0 Å². The summed E-state index contributed by atoms with van der Waals surface area (Å²) in [4.78, 5) is 37.7. The first-order valence-corrected chi connectivity index (χ1v) is 9.11. The maximum Gasteiger partial charge on any atom is 0.335 e. The predicted octanol–water partition coefficient (Wildman–Crippen LogP) is 3.80. The molecule has 1 aliphatic carbocycles. The third-order valence-corrected chi connectivity index (χ3v) is 4.55. The number of aromatic carboxylic acids is 1. The lowest BCUT2D eigenvalue weighted by Crippen LogP contribution is -2.25. The minimum Gasteiger partial charge on any atom is -0.478 e. The van der Waals surface area contributed by atoms with E-state index in [4.69, 9.17) is 0 Å². The zero-order valence-corrected chi connectivity index (χ0v) is 15.4. The van der Waals surface area contributed by atoms with Gasteiger partial charge in [0.2, 0.25) is 0 Å². The molecule has 0 atom stereocenters. The normalized spacial score (nSPS) is 12.4. The zero-order valence-electron chi connectivity index (χ0n) is 15.4. The average Bonchev–Trinajstić information content (AvgIpc) is 2.68. The molecule has 6 nitrogen and oxygen atoms in total. The van der Waals surface area contributed by atoms with Crippen LogP contribution in [0.1, 0.15) is 68.9 Å². The van der Waals surface area contributed by atoms with Gasteiger partial charge in [-0.2, -0.15) is 0 Å². The Morgan fingerprint density at radius 3 is 1.85 bits per heavy atom. The second-order valence-electron chi connectivity index (χ2n) is 6.49. The topological polar surface area (TPSA) is 95.5 Å². The van der Waals surface area contributed by atoms with Crippen molar-refractivity contribution in [1.82, 2.24) is 0 Å². The fraction of sp³-hybridized carbons (Fsp3) is 0.286. The van der Waals surface area contributed by atoms with Crippen LogP contribution < -0.4 is 10.6 Å². The number of anilines is 2. The lowest BCUT2D eigenvalue weighted by Gasteiger charge is -2.24. The van der Waals surface area contributed by atoms with Gasteiger partial charge in [-0.05, 0) is 43.2 Å². The Balaban J connectivity index is 2.20. The fourth-order valence-electron chi connectivity index (χ4n) is 3.22. The Kier molecular flexibility index (Phi) is 5.26. The maximum absolute atomic E-state index is 13.2. The van der Waals surface area contributed by atoms with E-state index in [1.165, 1.54) is 18.2 Å². The molecule has 0 radical (unpaired) electrons. The van der Waals surface area contributed by atoms with Crippen molar-refractivity contribution in [2.24, 2.45) is 0 Å². The zero-order chi connectivity index (χ0) is 19.6. The highest BCUT2D eigenvalue weighted by Crippen LogP contribution is 2.37. The summed E-state index contributed by atoms with van der Waals surface area (Å²) in [5.41, 5.74) is 2.25. The third kappa shape index (κ3) is 3.30. The molecular formula is C21H22N2O4. The van der Waals surface area contributed by atoms with E-state index in [0.717, 1.165) is 12.8 Å². The summed E-state index contributed by atoms with van der Waals surface area (Å²) >= 11 is 0. The van der Waals surface area contributed by atoms with E-state index in [0.29, 0.717) is 35.6 Å². The molecule has 3 rings (SSSR count). The van der Waals surface area contributed by atoms with Crippen LogP contribution in [0.4, 0.5) is 11.4 Å². The lowest BCUT2D eigenvalue weighted by molar-refractivity contribution is 0.0696. The summed E-state index contributed by atoms with van der Waals surface area (Å²) < 4.78 is 0. The van der Waals surface area contributed by atoms with Gasteiger partial charge in [-0.15, -0.1) is 0 Å². The van der Waals surface area contributed by atoms with E-state index in [1.807, 2.05) is 19.9 Å². The number of benzene rings is 2. The molecule has 0 unspecified atom stereocenters. The monoisotopic (exact) mass is 366 g/mol. The van der Waals surface area contributed by atoms with E-state index >= 15 is 0 Å². The molecular weight excluding hydrogens is 344 g/mol. The molecule has 0 amide bonds. The standard InChI is InChI=1S/C21H22N2O4/c1-3-9-22-15-7-8-16(23-10-4-2)18-17(15)19(24)13-6-5-12(21(26)27)11-14(13)20(18)25/h5-8,11,22-23H,3-4,9-10H2,1-2H3,(H,26,27). The molecule has 0 saturated carbocycles. The summed E-state index contributed by atoms with van der Waals surface area (Å²) in [6.07, 6.45) is 1.75. The summed E-state index contributed by atoms with van der Waals surface area (Å²) in [5.74, 6) is -1.73. The molecule has 0 heterocycles. The highest BCUT2D eigenvalue weighted by Gasteiger charge is 2.34. The SMILES string of the molecule is CCCNc1ccc(NCCC)c2c1C(=O)c1ccc(C(=O)O)cc1C2=O. The number of carbonyl (C=O) groups is 3. The first kappa shape index (κ1) is 18.6. The highest BCUT2D eigenvalue weighted by atomic mass is 16.4. The van der Waals surface area contributed by atoms with Crippen LogP contribution in [0.15, 0.2) is 30.3 Å². The largest absolute Gasteiger partial charge is 0.478 e. The Morgan fingerprint density at radius 2 is 1.37 bits per heavy atom. The van der Waals surface area contributed by atoms with Gasteiger partial charge in [0.1, 0.15) is 0 Å². The molecule has 0 saturated heterocycles. The van der Waals surface area contributed by atoms with Gasteiger partial charge in [-0.3, -0.25) is 9.59 Å². The molecule has 0 fully saturated rings. The van der Waals surface area contributed by atoms with Gasteiger partial charge in [-0.1, -0.05) is 13.8 Å². The summed E-state index contributed by atoms with van der Waals surface area (Å²) in [7, 11) is 0. The average molecular weight is 366 g/mol. The van der Waals surface area contributed by atoms with Gasteiger partial charge in [0.05, 0.1) is 16.7 Å². The number of nitrogens with one attached hydrogen (secondary N) is 2. The van der Waals surface area contributed by atoms with Crippen molar-refractivity contribution in [3.8, 4) is 0 Å². The molecule has 0 spiro atoms.